The summed E-state index contributed by atoms with van der Waals surface area (Å²) in [5, 5.41) is 12.4. The van der Waals surface area contributed by atoms with E-state index in [1.54, 1.807) is 11.8 Å². The van der Waals surface area contributed by atoms with Gasteiger partial charge in [-0.2, -0.15) is 0 Å². The second-order valence-corrected chi connectivity index (χ2v) is 8.60. The first kappa shape index (κ1) is 23.8. The molecule has 0 spiro atoms. The van der Waals surface area contributed by atoms with Crippen molar-refractivity contribution in [2.24, 2.45) is 7.05 Å². The number of halogens is 4. The van der Waals surface area contributed by atoms with Gasteiger partial charge in [-0.1, -0.05) is 11.6 Å². The molecule has 3 heterocycles. The lowest BCUT2D eigenvalue weighted by molar-refractivity contribution is -0.0223. The van der Waals surface area contributed by atoms with E-state index in [0.29, 0.717) is 5.56 Å². The Morgan fingerprint density at radius 1 is 1.24 bits per heavy atom. The number of carbonyl (C=O) groups is 1. The van der Waals surface area contributed by atoms with Gasteiger partial charge in [0.05, 0.1) is 22.6 Å². The molecule has 2 N–H and O–H groups in total. The summed E-state index contributed by atoms with van der Waals surface area (Å²) in [6.07, 6.45) is -0.729. The van der Waals surface area contributed by atoms with E-state index in [1.807, 2.05) is 0 Å². The zero-order valence-corrected chi connectivity index (χ0v) is 19.0. The minimum absolute atomic E-state index is 0.00581. The molecule has 0 amide bonds. The predicted octanol–water partition coefficient (Wildman–Crippen LogP) is 4.23. The van der Waals surface area contributed by atoms with Gasteiger partial charge in [0.2, 0.25) is 5.95 Å². The number of alkyl halides is 2. The monoisotopic (exact) mass is 495 g/mol. The molecule has 0 unspecified atom stereocenters. The van der Waals surface area contributed by atoms with Gasteiger partial charge in [-0.15, -0.1) is 0 Å². The van der Waals surface area contributed by atoms with Gasteiger partial charge in [0, 0.05) is 38.5 Å². The van der Waals surface area contributed by atoms with Crippen molar-refractivity contribution < 1.29 is 23.1 Å². The van der Waals surface area contributed by atoms with Crippen molar-refractivity contribution in [3.05, 3.63) is 56.8 Å². The lowest BCUT2D eigenvalue weighted by Gasteiger charge is -2.33. The number of carboxylic acids is 1. The molecule has 4 rings (SSSR count). The summed E-state index contributed by atoms with van der Waals surface area (Å²) in [5.41, 5.74) is -0.217. The maximum absolute atomic E-state index is 14.5. The molecule has 8 nitrogen and oxygen atoms in total. The van der Waals surface area contributed by atoms with Gasteiger partial charge >= 0.3 is 5.97 Å². The molecule has 0 aliphatic carbocycles. The standard InChI is InChI=1S/C22H21ClF3N5O3/c1-11(27-15-3-4-16(23)28-18(15)20(33)34)13-9-12(24)10-14-17(13)29-21(30(2)19(14)32)31-7-5-22(25,26)6-8-31/h3-4,9-11,27H,5-8H2,1-2H3,(H,33,34)/t11-/m0/s1. The van der Waals surface area contributed by atoms with E-state index in [4.69, 9.17) is 11.6 Å². The number of aromatic carboxylic acids is 1. The third-order valence-corrected chi connectivity index (χ3v) is 6.04. The summed E-state index contributed by atoms with van der Waals surface area (Å²) in [7, 11) is 1.46. The van der Waals surface area contributed by atoms with Gasteiger partial charge in [0.15, 0.2) is 5.69 Å². The Hall–Kier alpha value is -3.34. The summed E-state index contributed by atoms with van der Waals surface area (Å²) in [6.45, 7) is 1.68. The molecule has 1 atom stereocenters. The van der Waals surface area contributed by atoms with Crippen molar-refractivity contribution in [1.82, 2.24) is 14.5 Å². The Morgan fingerprint density at radius 3 is 2.56 bits per heavy atom. The first-order valence-corrected chi connectivity index (χ1v) is 10.8. The number of aromatic nitrogens is 3. The SMILES string of the molecule is C[C@H](Nc1ccc(Cl)nc1C(=O)O)c1cc(F)cc2c(=O)n(C)c(N3CCC(F)(F)CC3)nc12. The molecule has 180 valence electrons. The lowest BCUT2D eigenvalue weighted by atomic mass is 10.0. The quantitative estimate of drug-likeness (QED) is 0.511. The number of fused-ring (bicyclic) bond motifs is 1. The number of nitrogens with zero attached hydrogens (tertiary/aromatic N) is 4. The van der Waals surface area contributed by atoms with E-state index >= 15 is 0 Å². The van der Waals surface area contributed by atoms with E-state index in [1.165, 1.54) is 29.8 Å². The first-order chi connectivity index (χ1) is 16.0. The van der Waals surface area contributed by atoms with Crippen LogP contribution < -0.4 is 15.8 Å². The number of nitrogens with one attached hydrogen (secondary N) is 1. The van der Waals surface area contributed by atoms with Crippen LogP contribution in [0.3, 0.4) is 0 Å². The number of anilines is 2. The average molecular weight is 496 g/mol. The molecule has 2 aromatic heterocycles. The fourth-order valence-electron chi connectivity index (χ4n) is 4.03. The number of pyridine rings is 1. The summed E-state index contributed by atoms with van der Waals surface area (Å²) < 4.78 is 43.0. The van der Waals surface area contributed by atoms with Gasteiger partial charge in [0.25, 0.3) is 11.5 Å². The van der Waals surface area contributed by atoms with Gasteiger partial charge in [-0.05, 0) is 31.2 Å². The summed E-state index contributed by atoms with van der Waals surface area (Å²) in [4.78, 5) is 34.6. The fourth-order valence-corrected chi connectivity index (χ4v) is 4.17. The normalized spacial score (nSPS) is 16.5. The van der Waals surface area contributed by atoms with Crippen molar-refractivity contribution in [2.75, 3.05) is 23.3 Å². The highest BCUT2D eigenvalue weighted by Crippen LogP contribution is 2.32. The molecular weight excluding hydrogens is 475 g/mol. The van der Waals surface area contributed by atoms with Crippen molar-refractivity contribution in [3.8, 4) is 0 Å². The summed E-state index contributed by atoms with van der Waals surface area (Å²) in [5.74, 6) is -4.55. The maximum Gasteiger partial charge on any atom is 0.356 e. The van der Waals surface area contributed by atoms with Crippen LogP contribution in [0.1, 0.15) is 41.9 Å². The second-order valence-electron chi connectivity index (χ2n) is 8.21. The van der Waals surface area contributed by atoms with Crippen LogP contribution in [0.5, 0.6) is 0 Å². The molecule has 0 bridgehead atoms. The van der Waals surface area contributed by atoms with E-state index in [0.717, 1.165) is 6.07 Å². The maximum atomic E-state index is 14.5. The van der Waals surface area contributed by atoms with Crippen LogP contribution in [0.15, 0.2) is 29.1 Å². The summed E-state index contributed by atoms with van der Waals surface area (Å²) >= 11 is 5.80. The van der Waals surface area contributed by atoms with Crippen molar-refractivity contribution >= 4 is 40.1 Å². The Balaban J connectivity index is 1.79. The van der Waals surface area contributed by atoms with E-state index in [2.05, 4.69) is 15.3 Å². The average Bonchev–Trinajstić information content (AvgIpc) is 2.77. The molecule has 3 aromatic rings. The predicted molar refractivity (Wildman–Crippen MR) is 122 cm³/mol. The summed E-state index contributed by atoms with van der Waals surface area (Å²) in [6, 6.07) is 4.41. The van der Waals surface area contributed by atoms with Gasteiger partial charge < -0.3 is 15.3 Å². The van der Waals surface area contributed by atoms with Crippen LogP contribution in [-0.4, -0.2) is 44.6 Å². The highest BCUT2D eigenvalue weighted by molar-refractivity contribution is 6.29. The molecule has 1 aliphatic rings. The zero-order valence-electron chi connectivity index (χ0n) is 18.3. The smallest absolute Gasteiger partial charge is 0.356 e. The van der Waals surface area contributed by atoms with Gasteiger partial charge in [0.1, 0.15) is 11.0 Å². The Kier molecular flexibility index (Phi) is 6.15. The van der Waals surface area contributed by atoms with Crippen LogP contribution >= 0.6 is 11.6 Å². The fraction of sp³-hybridized carbons (Fsp3) is 0.364. The van der Waals surface area contributed by atoms with Crippen LogP contribution in [0.4, 0.5) is 24.8 Å². The third-order valence-electron chi connectivity index (χ3n) is 5.83. The van der Waals surface area contributed by atoms with Crippen molar-refractivity contribution in [1.29, 1.82) is 0 Å². The number of carboxylic acid groups (broad SMARTS) is 1. The lowest BCUT2D eigenvalue weighted by Crippen LogP contribution is -2.42. The van der Waals surface area contributed by atoms with Crippen LogP contribution in [0, 0.1) is 5.82 Å². The largest absolute Gasteiger partial charge is 0.476 e. The van der Waals surface area contributed by atoms with Gasteiger partial charge in [-0.3, -0.25) is 9.36 Å². The zero-order chi connectivity index (χ0) is 24.8. The molecule has 1 aromatic carbocycles. The van der Waals surface area contributed by atoms with Crippen LogP contribution in [0.25, 0.3) is 10.9 Å². The number of benzene rings is 1. The molecule has 12 heteroatoms. The third kappa shape index (κ3) is 4.52. The Labute approximate surface area is 197 Å². The minimum Gasteiger partial charge on any atom is -0.476 e. The van der Waals surface area contributed by atoms with Crippen LogP contribution in [-0.2, 0) is 7.05 Å². The van der Waals surface area contributed by atoms with E-state index in [9.17, 15) is 27.9 Å². The Morgan fingerprint density at radius 2 is 1.91 bits per heavy atom. The van der Waals surface area contributed by atoms with Crippen LogP contribution in [0.2, 0.25) is 5.15 Å². The highest BCUT2D eigenvalue weighted by Gasteiger charge is 2.35. The minimum atomic E-state index is -2.77. The second kappa shape index (κ2) is 8.79. The van der Waals surface area contributed by atoms with E-state index in [-0.39, 0.29) is 59.3 Å². The van der Waals surface area contributed by atoms with E-state index < -0.39 is 29.3 Å². The van der Waals surface area contributed by atoms with Gasteiger partial charge in [-0.25, -0.2) is 27.9 Å². The molecular formula is C22H21ClF3N5O3. The molecule has 0 radical (unpaired) electrons. The Bertz CT molecular complexity index is 1340. The first-order valence-electron chi connectivity index (χ1n) is 10.5. The number of hydrogen-bond acceptors (Lipinski definition) is 6. The molecule has 1 saturated heterocycles. The molecule has 34 heavy (non-hydrogen) atoms. The number of rotatable bonds is 5. The highest BCUT2D eigenvalue weighted by atomic mass is 35.5. The van der Waals surface area contributed by atoms with Crippen molar-refractivity contribution in [2.45, 2.75) is 31.7 Å². The number of hydrogen-bond donors (Lipinski definition) is 2. The molecule has 1 fully saturated rings. The topological polar surface area (TPSA) is 100 Å². The molecule has 1 aliphatic heterocycles. The van der Waals surface area contributed by atoms with Crippen molar-refractivity contribution in [3.63, 3.8) is 0 Å². The number of piperidine rings is 1. The molecule has 0 saturated carbocycles.